The summed E-state index contributed by atoms with van der Waals surface area (Å²) in [5.74, 6) is 0.931. The second kappa shape index (κ2) is 9.76. The molecule has 0 radical (unpaired) electrons. The molecule has 2 aliphatic heterocycles. The Labute approximate surface area is 178 Å². The molecule has 2 aliphatic rings. The lowest BCUT2D eigenvalue weighted by atomic mass is 10.1. The van der Waals surface area contributed by atoms with Crippen molar-refractivity contribution in [1.82, 2.24) is 14.7 Å². The van der Waals surface area contributed by atoms with Crippen LogP contribution >= 0.6 is 0 Å². The molecule has 0 aromatic heterocycles. The van der Waals surface area contributed by atoms with E-state index in [4.69, 9.17) is 4.74 Å². The molecule has 0 saturated carbocycles. The van der Waals surface area contributed by atoms with E-state index in [-0.39, 0.29) is 11.8 Å². The van der Waals surface area contributed by atoms with Crippen molar-refractivity contribution < 1.29 is 14.3 Å². The van der Waals surface area contributed by atoms with Crippen LogP contribution in [0.1, 0.15) is 28.8 Å². The number of hydrogen-bond donors (Lipinski definition) is 0. The van der Waals surface area contributed by atoms with Crippen LogP contribution in [0, 0.1) is 0 Å². The molecule has 2 aromatic carbocycles. The Morgan fingerprint density at radius 3 is 2.27 bits per heavy atom. The van der Waals surface area contributed by atoms with Crippen LogP contribution in [0.25, 0.3) is 0 Å². The van der Waals surface area contributed by atoms with Crippen molar-refractivity contribution >= 4 is 11.8 Å². The van der Waals surface area contributed by atoms with E-state index in [9.17, 15) is 9.59 Å². The second-order valence-electron chi connectivity index (χ2n) is 7.96. The maximum Gasteiger partial charge on any atom is 0.254 e. The number of nitrogens with zero attached hydrogens (tertiary/aromatic N) is 3. The van der Waals surface area contributed by atoms with E-state index in [2.05, 4.69) is 4.90 Å². The summed E-state index contributed by atoms with van der Waals surface area (Å²) < 4.78 is 5.86. The lowest BCUT2D eigenvalue weighted by Crippen LogP contribution is -2.51. The number of carbonyl (C=O) groups is 2. The SMILES string of the molecule is O=C(CN1CCN(C(=O)c2cccc(OCc3ccccc3)c2)CC1)N1CCCC1. The van der Waals surface area contributed by atoms with Gasteiger partial charge < -0.3 is 14.5 Å². The number of likely N-dealkylation sites (tertiary alicyclic amines) is 1. The van der Waals surface area contributed by atoms with Crippen LogP contribution in [0.4, 0.5) is 0 Å². The van der Waals surface area contributed by atoms with E-state index in [1.807, 2.05) is 64.4 Å². The van der Waals surface area contributed by atoms with Gasteiger partial charge in [0.1, 0.15) is 12.4 Å². The van der Waals surface area contributed by atoms with Gasteiger partial charge in [-0.15, -0.1) is 0 Å². The minimum atomic E-state index is 0.0191. The zero-order valence-electron chi connectivity index (χ0n) is 17.3. The molecule has 2 amide bonds. The second-order valence-corrected chi connectivity index (χ2v) is 7.96. The lowest BCUT2D eigenvalue weighted by Gasteiger charge is -2.35. The fourth-order valence-electron chi connectivity index (χ4n) is 4.01. The van der Waals surface area contributed by atoms with Gasteiger partial charge in [0.05, 0.1) is 6.54 Å². The van der Waals surface area contributed by atoms with Crippen molar-refractivity contribution in [3.05, 3.63) is 65.7 Å². The predicted octanol–water partition coefficient (Wildman–Crippen LogP) is 2.65. The molecule has 0 spiro atoms. The van der Waals surface area contributed by atoms with Crippen LogP contribution in [0.5, 0.6) is 5.75 Å². The number of rotatable bonds is 6. The molecule has 2 saturated heterocycles. The van der Waals surface area contributed by atoms with E-state index in [0.29, 0.717) is 37.6 Å². The quantitative estimate of drug-likeness (QED) is 0.739. The minimum Gasteiger partial charge on any atom is -0.489 e. The normalized spacial score (nSPS) is 17.2. The van der Waals surface area contributed by atoms with E-state index >= 15 is 0 Å². The third kappa shape index (κ3) is 5.19. The Morgan fingerprint density at radius 1 is 0.800 bits per heavy atom. The number of ether oxygens (including phenoxy) is 1. The summed E-state index contributed by atoms with van der Waals surface area (Å²) >= 11 is 0. The number of piperazine rings is 1. The topological polar surface area (TPSA) is 53.1 Å². The highest BCUT2D eigenvalue weighted by molar-refractivity contribution is 5.94. The third-order valence-corrected chi connectivity index (χ3v) is 5.81. The third-order valence-electron chi connectivity index (χ3n) is 5.81. The molecule has 30 heavy (non-hydrogen) atoms. The first-order valence-corrected chi connectivity index (χ1v) is 10.8. The molecule has 0 N–H and O–H groups in total. The summed E-state index contributed by atoms with van der Waals surface area (Å²) in [6, 6.07) is 17.4. The summed E-state index contributed by atoms with van der Waals surface area (Å²) in [7, 11) is 0. The standard InChI is InChI=1S/C24H29N3O3/c28-23(26-11-4-5-12-26)18-25-13-15-27(16-14-25)24(29)21-9-6-10-22(17-21)30-19-20-7-2-1-3-8-20/h1-3,6-10,17H,4-5,11-16,18-19H2. The van der Waals surface area contributed by atoms with Gasteiger partial charge in [0, 0.05) is 44.8 Å². The van der Waals surface area contributed by atoms with Gasteiger partial charge in [-0.3, -0.25) is 14.5 Å². The fourth-order valence-corrected chi connectivity index (χ4v) is 4.01. The number of benzene rings is 2. The highest BCUT2D eigenvalue weighted by Crippen LogP contribution is 2.18. The van der Waals surface area contributed by atoms with Crippen molar-refractivity contribution in [3.8, 4) is 5.75 Å². The first-order chi connectivity index (χ1) is 14.7. The van der Waals surface area contributed by atoms with Crippen LogP contribution in [0.3, 0.4) is 0 Å². The molecule has 158 valence electrons. The van der Waals surface area contributed by atoms with E-state index in [0.717, 1.165) is 44.6 Å². The molecule has 0 bridgehead atoms. The zero-order chi connectivity index (χ0) is 20.8. The zero-order valence-corrected chi connectivity index (χ0v) is 17.3. The van der Waals surface area contributed by atoms with Crippen molar-refractivity contribution in [3.63, 3.8) is 0 Å². The van der Waals surface area contributed by atoms with Crippen molar-refractivity contribution in [1.29, 1.82) is 0 Å². The average molecular weight is 408 g/mol. The predicted molar refractivity (Wildman–Crippen MR) is 115 cm³/mol. The Balaban J connectivity index is 1.28. The molecule has 6 nitrogen and oxygen atoms in total. The van der Waals surface area contributed by atoms with Gasteiger partial charge in [0.2, 0.25) is 5.91 Å². The van der Waals surface area contributed by atoms with E-state index < -0.39 is 0 Å². The molecule has 0 unspecified atom stereocenters. The highest BCUT2D eigenvalue weighted by atomic mass is 16.5. The summed E-state index contributed by atoms with van der Waals surface area (Å²) in [4.78, 5) is 31.3. The number of hydrogen-bond acceptors (Lipinski definition) is 4. The van der Waals surface area contributed by atoms with Crippen molar-refractivity contribution in [2.24, 2.45) is 0 Å². The summed E-state index contributed by atoms with van der Waals surface area (Å²) in [5.41, 5.74) is 1.73. The van der Waals surface area contributed by atoms with Crippen LogP contribution in [-0.4, -0.2) is 72.3 Å². The largest absolute Gasteiger partial charge is 0.489 e. The van der Waals surface area contributed by atoms with Gasteiger partial charge in [0.15, 0.2) is 0 Å². The maximum atomic E-state index is 12.9. The van der Waals surface area contributed by atoms with Gasteiger partial charge >= 0.3 is 0 Å². The van der Waals surface area contributed by atoms with Gasteiger partial charge in [-0.2, -0.15) is 0 Å². The molecule has 2 fully saturated rings. The Kier molecular flexibility index (Phi) is 6.64. The first kappa shape index (κ1) is 20.4. The number of carbonyl (C=O) groups excluding carboxylic acids is 2. The maximum absolute atomic E-state index is 12.9. The fraction of sp³-hybridized carbons (Fsp3) is 0.417. The molecule has 2 aromatic rings. The van der Waals surface area contributed by atoms with E-state index in [1.165, 1.54) is 0 Å². The smallest absolute Gasteiger partial charge is 0.254 e. The minimum absolute atomic E-state index is 0.0191. The summed E-state index contributed by atoms with van der Waals surface area (Å²) in [6.45, 7) is 5.46. The van der Waals surface area contributed by atoms with Crippen LogP contribution < -0.4 is 4.74 Å². The first-order valence-electron chi connectivity index (χ1n) is 10.8. The average Bonchev–Trinajstić information content (AvgIpc) is 3.34. The Morgan fingerprint density at radius 2 is 1.53 bits per heavy atom. The molecule has 2 heterocycles. The van der Waals surface area contributed by atoms with Crippen LogP contribution in [-0.2, 0) is 11.4 Å². The monoisotopic (exact) mass is 407 g/mol. The summed E-state index contributed by atoms with van der Waals surface area (Å²) in [5, 5.41) is 0. The highest BCUT2D eigenvalue weighted by Gasteiger charge is 2.25. The van der Waals surface area contributed by atoms with Gasteiger partial charge in [-0.25, -0.2) is 0 Å². The molecular formula is C24H29N3O3. The molecule has 6 heteroatoms. The summed E-state index contributed by atoms with van der Waals surface area (Å²) in [6.07, 6.45) is 2.23. The molecule has 0 aliphatic carbocycles. The number of amides is 2. The van der Waals surface area contributed by atoms with Crippen LogP contribution in [0.2, 0.25) is 0 Å². The van der Waals surface area contributed by atoms with Gasteiger partial charge in [0.25, 0.3) is 5.91 Å². The lowest BCUT2D eigenvalue weighted by molar-refractivity contribution is -0.131. The Bertz CT molecular complexity index is 857. The van der Waals surface area contributed by atoms with Crippen molar-refractivity contribution in [2.75, 3.05) is 45.8 Å². The molecule has 4 rings (SSSR count). The van der Waals surface area contributed by atoms with Gasteiger partial charge in [-0.05, 0) is 36.6 Å². The molecular weight excluding hydrogens is 378 g/mol. The molecule has 0 atom stereocenters. The Hall–Kier alpha value is -2.86. The van der Waals surface area contributed by atoms with Crippen LogP contribution in [0.15, 0.2) is 54.6 Å². The van der Waals surface area contributed by atoms with Gasteiger partial charge in [-0.1, -0.05) is 36.4 Å². The van der Waals surface area contributed by atoms with E-state index in [1.54, 1.807) is 0 Å². The van der Waals surface area contributed by atoms with Crippen molar-refractivity contribution in [2.45, 2.75) is 19.4 Å².